The van der Waals surface area contributed by atoms with Gasteiger partial charge >= 0.3 is 0 Å². The lowest BCUT2D eigenvalue weighted by molar-refractivity contribution is 0.102. The molecule has 3 aromatic rings. The van der Waals surface area contributed by atoms with Gasteiger partial charge in [0, 0.05) is 17.4 Å². The van der Waals surface area contributed by atoms with E-state index in [1.54, 1.807) is 25.3 Å². The molecule has 7 heteroatoms. The third kappa shape index (κ3) is 4.27. The van der Waals surface area contributed by atoms with Crippen LogP contribution in [0.15, 0.2) is 55.2 Å². The number of carbonyl (C=O) groups is 1. The third-order valence-corrected chi connectivity index (χ3v) is 3.42. The van der Waals surface area contributed by atoms with Crippen LogP contribution >= 0.6 is 0 Å². The minimum absolute atomic E-state index is 0.226. The Morgan fingerprint density at radius 1 is 1.08 bits per heavy atom. The molecule has 0 spiro atoms. The fourth-order valence-corrected chi connectivity index (χ4v) is 2.21. The molecule has 0 aliphatic heterocycles. The highest BCUT2D eigenvalue weighted by Gasteiger charge is 2.09. The van der Waals surface area contributed by atoms with Crippen molar-refractivity contribution in [2.45, 2.75) is 13.8 Å². The summed E-state index contributed by atoms with van der Waals surface area (Å²) in [6.07, 6.45) is 1.55. The molecule has 0 radical (unpaired) electrons. The minimum atomic E-state index is -0.226. The van der Waals surface area contributed by atoms with Crippen LogP contribution in [0.3, 0.4) is 0 Å². The maximum absolute atomic E-state index is 12.4. The number of nitrogens with one attached hydrogen (secondary N) is 2. The van der Waals surface area contributed by atoms with Crippen LogP contribution in [0, 0.1) is 6.92 Å². The Kier molecular flexibility index (Phi) is 4.98. The topological polar surface area (TPSA) is 92.7 Å². The van der Waals surface area contributed by atoms with E-state index in [1.165, 1.54) is 0 Å². The van der Waals surface area contributed by atoms with E-state index in [0.29, 0.717) is 29.0 Å². The highest BCUT2D eigenvalue weighted by atomic mass is 16.1. The zero-order valence-electron chi connectivity index (χ0n) is 14.5. The molecule has 3 rings (SSSR count). The van der Waals surface area contributed by atoms with Crippen molar-refractivity contribution in [3.63, 3.8) is 0 Å². The van der Waals surface area contributed by atoms with Crippen molar-refractivity contribution in [2.24, 2.45) is 0 Å². The van der Waals surface area contributed by atoms with E-state index in [4.69, 9.17) is 0 Å². The Bertz CT molecular complexity index is 955. The quantitative estimate of drug-likeness (QED) is 0.733. The maximum atomic E-state index is 12.4. The standard InChI is InChI=1S/C19H18N6O/c1-12(2)17-21-13(3)22-19(25-17)24-16-11-14(9-10-20-16)18(26)23-15-7-5-4-6-8-15/h4-11H,1H2,2-3H3,(H,23,26)(H,20,21,22,24,25). The first-order valence-corrected chi connectivity index (χ1v) is 7.99. The van der Waals surface area contributed by atoms with Crippen molar-refractivity contribution in [3.05, 3.63) is 72.5 Å². The molecule has 0 aliphatic rings. The van der Waals surface area contributed by atoms with Crippen molar-refractivity contribution in [2.75, 3.05) is 10.6 Å². The van der Waals surface area contributed by atoms with Crippen LogP contribution in [-0.4, -0.2) is 25.8 Å². The molecule has 0 aliphatic carbocycles. The smallest absolute Gasteiger partial charge is 0.255 e. The Balaban J connectivity index is 1.79. The molecule has 0 bridgehead atoms. The molecule has 0 fully saturated rings. The Hall–Kier alpha value is -3.61. The summed E-state index contributed by atoms with van der Waals surface area (Å²) in [6.45, 7) is 7.44. The van der Waals surface area contributed by atoms with Crippen molar-refractivity contribution >= 4 is 28.9 Å². The van der Waals surface area contributed by atoms with Crippen molar-refractivity contribution in [1.82, 2.24) is 19.9 Å². The number of allylic oxidation sites excluding steroid dienone is 1. The van der Waals surface area contributed by atoms with E-state index in [1.807, 2.05) is 37.3 Å². The second-order valence-electron chi connectivity index (χ2n) is 5.69. The molecule has 2 N–H and O–H groups in total. The van der Waals surface area contributed by atoms with Gasteiger partial charge in [-0.3, -0.25) is 4.79 Å². The number of amides is 1. The number of hydrogen-bond donors (Lipinski definition) is 2. The van der Waals surface area contributed by atoms with E-state index in [0.717, 1.165) is 11.3 Å². The third-order valence-electron chi connectivity index (χ3n) is 3.42. The summed E-state index contributed by atoms with van der Waals surface area (Å²) in [7, 11) is 0. The van der Waals surface area contributed by atoms with Gasteiger partial charge in [-0.15, -0.1) is 0 Å². The van der Waals surface area contributed by atoms with Crippen LogP contribution in [0.5, 0.6) is 0 Å². The van der Waals surface area contributed by atoms with Crippen LogP contribution in [0.2, 0.25) is 0 Å². The van der Waals surface area contributed by atoms with Gasteiger partial charge in [0.2, 0.25) is 5.95 Å². The number of hydrogen-bond acceptors (Lipinski definition) is 6. The molecule has 26 heavy (non-hydrogen) atoms. The summed E-state index contributed by atoms with van der Waals surface area (Å²) in [5.74, 6) is 1.67. The molecule has 0 saturated heterocycles. The lowest BCUT2D eigenvalue weighted by atomic mass is 10.2. The molecule has 2 aromatic heterocycles. The number of anilines is 3. The summed E-state index contributed by atoms with van der Waals surface area (Å²) in [5.41, 5.74) is 1.93. The van der Waals surface area contributed by atoms with E-state index >= 15 is 0 Å². The highest BCUT2D eigenvalue weighted by Crippen LogP contribution is 2.15. The van der Waals surface area contributed by atoms with Crippen molar-refractivity contribution in [3.8, 4) is 0 Å². The van der Waals surface area contributed by atoms with Crippen LogP contribution in [0.25, 0.3) is 5.57 Å². The Morgan fingerprint density at radius 2 is 1.85 bits per heavy atom. The van der Waals surface area contributed by atoms with Gasteiger partial charge in [-0.05, 0) is 43.7 Å². The first-order valence-electron chi connectivity index (χ1n) is 7.99. The monoisotopic (exact) mass is 346 g/mol. The van der Waals surface area contributed by atoms with E-state index in [2.05, 4.69) is 37.1 Å². The lowest BCUT2D eigenvalue weighted by Gasteiger charge is -2.09. The number of nitrogens with zero attached hydrogens (tertiary/aromatic N) is 4. The van der Waals surface area contributed by atoms with Crippen molar-refractivity contribution < 1.29 is 4.79 Å². The second kappa shape index (κ2) is 7.52. The molecular weight excluding hydrogens is 328 g/mol. The first kappa shape index (κ1) is 17.2. The number of aromatic nitrogens is 4. The molecule has 0 unspecified atom stereocenters. The van der Waals surface area contributed by atoms with E-state index in [-0.39, 0.29) is 5.91 Å². The molecule has 7 nitrogen and oxygen atoms in total. The van der Waals surface area contributed by atoms with Gasteiger partial charge in [-0.1, -0.05) is 24.8 Å². The molecule has 0 saturated carbocycles. The number of pyridine rings is 1. The zero-order chi connectivity index (χ0) is 18.5. The maximum Gasteiger partial charge on any atom is 0.255 e. The minimum Gasteiger partial charge on any atom is -0.322 e. The van der Waals surface area contributed by atoms with Gasteiger partial charge < -0.3 is 10.6 Å². The van der Waals surface area contributed by atoms with Gasteiger partial charge in [0.15, 0.2) is 5.82 Å². The first-order chi connectivity index (χ1) is 12.5. The Labute approximate surface area is 151 Å². The van der Waals surface area contributed by atoms with Crippen molar-refractivity contribution in [1.29, 1.82) is 0 Å². The second-order valence-corrected chi connectivity index (χ2v) is 5.69. The van der Waals surface area contributed by atoms with Gasteiger partial charge in [0.25, 0.3) is 5.91 Å². The molecule has 2 heterocycles. The average molecular weight is 346 g/mol. The highest BCUT2D eigenvalue weighted by molar-refractivity contribution is 6.04. The van der Waals surface area contributed by atoms with Crippen LogP contribution in [-0.2, 0) is 0 Å². The largest absolute Gasteiger partial charge is 0.322 e. The predicted octanol–water partition coefficient (Wildman–Crippen LogP) is 3.60. The fraction of sp³-hybridized carbons (Fsp3) is 0.105. The van der Waals surface area contributed by atoms with Crippen LogP contribution in [0.4, 0.5) is 17.5 Å². The average Bonchev–Trinajstić information content (AvgIpc) is 2.62. The summed E-state index contributed by atoms with van der Waals surface area (Å²) >= 11 is 0. The summed E-state index contributed by atoms with van der Waals surface area (Å²) < 4.78 is 0. The molecule has 130 valence electrons. The van der Waals surface area contributed by atoms with Crippen LogP contribution < -0.4 is 10.6 Å². The number of carbonyl (C=O) groups excluding carboxylic acids is 1. The number of benzene rings is 1. The fourth-order valence-electron chi connectivity index (χ4n) is 2.21. The lowest BCUT2D eigenvalue weighted by Crippen LogP contribution is -2.12. The van der Waals surface area contributed by atoms with Gasteiger partial charge in [-0.2, -0.15) is 9.97 Å². The predicted molar refractivity (Wildman–Crippen MR) is 101 cm³/mol. The van der Waals surface area contributed by atoms with E-state index in [9.17, 15) is 4.79 Å². The number of rotatable bonds is 5. The normalized spacial score (nSPS) is 10.2. The van der Waals surface area contributed by atoms with Gasteiger partial charge in [0.05, 0.1) is 0 Å². The molecular formula is C19H18N6O. The van der Waals surface area contributed by atoms with Crippen LogP contribution in [0.1, 0.15) is 28.9 Å². The summed E-state index contributed by atoms with van der Waals surface area (Å²) in [6, 6.07) is 12.5. The SMILES string of the molecule is C=C(C)c1nc(C)nc(Nc2cc(C(=O)Nc3ccccc3)ccn2)n1. The Morgan fingerprint density at radius 3 is 2.58 bits per heavy atom. The number of aryl methyl sites for hydroxylation is 1. The van der Waals surface area contributed by atoms with Gasteiger partial charge in [-0.25, -0.2) is 9.97 Å². The zero-order valence-corrected chi connectivity index (χ0v) is 14.5. The molecule has 1 aromatic carbocycles. The van der Waals surface area contributed by atoms with E-state index < -0.39 is 0 Å². The van der Waals surface area contributed by atoms with Gasteiger partial charge in [0.1, 0.15) is 11.6 Å². The molecule has 0 atom stereocenters. The summed E-state index contributed by atoms with van der Waals surface area (Å²) in [5, 5.41) is 5.84. The molecule has 1 amide bonds. The number of para-hydroxylation sites is 1. The summed E-state index contributed by atoms with van der Waals surface area (Å²) in [4.78, 5) is 29.4.